The van der Waals surface area contributed by atoms with Crippen molar-refractivity contribution in [3.63, 3.8) is 0 Å². The van der Waals surface area contributed by atoms with Crippen LogP contribution in [0.2, 0.25) is 0 Å². The van der Waals surface area contributed by atoms with Crippen LogP contribution in [0.15, 0.2) is 29.6 Å². The van der Waals surface area contributed by atoms with Crippen molar-refractivity contribution in [3.05, 3.63) is 40.9 Å². The van der Waals surface area contributed by atoms with Gasteiger partial charge in [0.2, 0.25) is 5.91 Å². The van der Waals surface area contributed by atoms with Gasteiger partial charge < -0.3 is 4.90 Å². The summed E-state index contributed by atoms with van der Waals surface area (Å²) in [7, 11) is 1.89. The van der Waals surface area contributed by atoms with Gasteiger partial charge in [0.05, 0.1) is 5.69 Å². The van der Waals surface area contributed by atoms with Crippen LogP contribution >= 0.6 is 11.3 Å². The van der Waals surface area contributed by atoms with Crippen molar-refractivity contribution in [2.24, 2.45) is 0 Å². The molecule has 0 radical (unpaired) electrons. The molecule has 0 bridgehead atoms. The lowest BCUT2D eigenvalue weighted by Crippen LogP contribution is -2.27. The molecule has 0 aliphatic heterocycles. The first-order valence-corrected chi connectivity index (χ1v) is 8.73. The van der Waals surface area contributed by atoms with Gasteiger partial charge in [0.1, 0.15) is 5.01 Å². The Labute approximate surface area is 137 Å². The van der Waals surface area contributed by atoms with Gasteiger partial charge in [-0.15, -0.1) is 11.3 Å². The third-order valence-electron chi connectivity index (χ3n) is 3.72. The fraction of sp³-hybridized carbons (Fsp3) is 0.444. The van der Waals surface area contributed by atoms with E-state index in [1.54, 1.807) is 11.3 Å². The molecule has 0 fully saturated rings. The van der Waals surface area contributed by atoms with E-state index in [1.807, 2.05) is 11.9 Å². The van der Waals surface area contributed by atoms with Crippen LogP contribution in [-0.2, 0) is 11.2 Å². The lowest BCUT2D eigenvalue weighted by atomic mass is 10.1. The van der Waals surface area contributed by atoms with Crippen molar-refractivity contribution in [2.75, 3.05) is 13.6 Å². The first kappa shape index (κ1) is 16.7. The number of carbonyl (C=O) groups is 1. The van der Waals surface area contributed by atoms with Crippen LogP contribution in [0.1, 0.15) is 37.4 Å². The number of nitrogens with zero attached hydrogens (tertiary/aromatic N) is 2. The molecule has 0 aliphatic carbocycles. The largest absolute Gasteiger partial charge is 0.346 e. The van der Waals surface area contributed by atoms with E-state index in [4.69, 9.17) is 0 Å². The second-order valence-corrected chi connectivity index (χ2v) is 6.54. The number of rotatable bonds is 7. The van der Waals surface area contributed by atoms with Gasteiger partial charge in [-0.3, -0.25) is 4.79 Å². The molecular weight excluding hydrogens is 292 g/mol. The van der Waals surface area contributed by atoms with E-state index >= 15 is 0 Å². The Morgan fingerprint density at radius 1 is 1.27 bits per heavy atom. The number of benzene rings is 1. The molecule has 4 heteroatoms. The minimum absolute atomic E-state index is 0.207. The van der Waals surface area contributed by atoms with E-state index in [9.17, 15) is 4.79 Å². The Balaban J connectivity index is 1.89. The molecule has 0 saturated carbocycles. The Morgan fingerprint density at radius 3 is 2.68 bits per heavy atom. The standard InChI is InChI=1S/C18H24N2OS/c1-4-5-12-20(3)17(21)11-10-16-13-22-18(19-16)15-8-6-14(2)7-9-15/h6-9,13H,4-5,10-12H2,1-3H3. The van der Waals surface area contributed by atoms with Crippen molar-refractivity contribution >= 4 is 17.2 Å². The van der Waals surface area contributed by atoms with E-state index in [1.165, 1.54) is 5.56 Å². The average molecular weight is 316 g/mol. The molecule has 2 aromatic rings. The Bertz CT molecular complexity index is 604. The van der Waals surface area contributed by atoms with E-state index in [0.717, 1.165) is 42.1 Å². The Morgan fingerprint density at radius 2 is 2.00 bits per heavy atom. The molecule has 2 rings (SSSR count). The highest BCUT2D eigenvalue weighted by Gasteiger charge is 2.10. The van der Waals surface area contributed by atoms with Gasteiger partial charge in [0, 0.05) is 31.0 Å². The van der Waals surface area contributed by atoms with Gasteiger partial charge in [-0.25, -0.2) is 4.98 Å². The molecule has 0 atom stereocenters. The first-order valence-electron chi connectivity index (χ1n) is 7.85. The zero-order valence-electron chi connectivity index (χ0n) is 13.6. The van der Waals surface area contributed by atoms with Crippen molar-refractivity contribution in [1.82, 2.24) is 9.88 Å². The van der Waals surface area contributed by atoms with Crippen molar-refractivity contribution in [1.29, 1.82) is 0 Å². The molecule has 0 N–H and O–H groups in total. The van der Waals surface area contributed by atoms with Crippen LogP contribution < -0.4 is 0 Å². The second kappa shape index (κ2) is 8.08. The molecule has 0 spiro atoms. The van der Waals surface area contributed by atoms with Gasteiger partial charge in [0.25, 0.3) is 0 Å². The van der Waals surface area contributed by atoms with E-state index < -0.39 is 0 Å². The number of hydrogen-bond donors (Lipinski definition) is 0. The highest BCUT2D eigenvalue weighted by atomic mass is 32.1. The second-order valence-electron chi connectivity index (χ2n) is 5.68. The number of unbranched alkanes of at least 4 members (excludes halogenated alkanes) is 1. The summed E-state index contributed by atoms with van der Waals surface area (Å²) < 4.78 is 0. The summed E-state index contributed by atoms with van der Waals surface area (Å²) in [4.78, 5) is 18.5. The lowest BCUT2D eigenvalue weighted by molar-refractivity contribution is -0.129. The summed E-state index contributed by atoms with van der Waals surface area (Å²) in [6, 6.07) is 8.40. The maximum atomic E-state index is 12.0. The predicted octanol–water partition coefficient (Wildman–Crippen LogP) is 4.31. The average Bonchev–Trinajstić information content (AvgIpc) is 2.99. The molecule has 1 aromatic heterocycles. The van der Waals surface area contributed by atoms with E-state index in [0.29, 0.717) is 6.42 Å². The Hall–Kier alpha value is -1.68. The van der Waals surface area contributed by atoms with Gasteiger partial charge in [0.15, 0.2) is 0 Å². The van der Waals surface area contributed by atoms with Crippen LogP contribution in [0.4, 0.5) is 0 Å². The third-order valence-corrected chi connectivity index (χ3v) is 4.66. The fourth-order valence-corrected chi connectivity index (χ4v) is 3.06. The lowest BCUT2D eigenvalue weighted by Gasteiger charge is -2.16. The van der Waals surface area contributed by atoms with Crippen LogP contribution in [0.25, 0.3) is 10.6 Å². The van der Waals surface area contributed by atoms with Crippen LogP contribution in [0.3, 0.4) is 0 Å². The number of amides is 1. The molecule has 1 aromatic carbocycles. The van der Waals surface area contributed by atoms with Gasteiger partial charge in [-0.2, -0.15) is 0 Å². The highest BCUT2D eigenvalue weighted by Crippen LogP contribution is 2.24. The molecule has 0 aliphatic rings. The predicted molar refractivity (Wildman–Crippen MR) is 93.2 cm³/mol. The molecule has 1 amide bonds. The normalized spacial score (nSPS) is 10.7. The summed E-state index contributed by atoms with van der Waals surface area (Å²) in [5.41, 5.74) is 3.41. The van der Waals surface area contributed by atoms with E-state index in [2.05, 4.69) is 48.5 Å². The maximum Gasteiger partial charge on any atom is 0.222 e. The third kappa shape index (κ3) is 4.67. The molecular formula is C18H24N2OS. The molecule has 22 heavy (non-hydrogen) atoms. The van der Waals surface area contributed by atoms with Crippen LogP contribution in [0, 0.1) is 6.92 Å². The first-order chi connectivity index (χ1) is 10.6. The quantitative estimate of drug-likeness (QED) is 0.762. The zero-order chi connectivity index (χ0) is 15.9. The summed E-state index contributed by atoms with van der Waals surface area (Å²) in [6.45, 7) is 5.07. The minimum atomic E-state index is 0.207. The number of aryl methyl sites for hydroxylation is 2. The fourth-order valence-electron chi connectivity index (χ4n) is 2.20. The van der Waals surface area contributed by atoms with Crippen molar-refractivity contribution in [2.45, 2.75) is 39.5 Å². The topological polar surface area (TPSA) is 33.2 Å². The summed E-state index contributed by atoms with van der Waals surface area (Å²) >= 11 is 1.65. The van der Waals surface area contributed by atoms with Crippen LogP contribution in [-0.4, -0.2) is 29.4 Å². The number of hydrogen-bond acceptors (Lipinski definition) is 3. The molecule has 0 unspecified atom stereocenters. The minimum Gasteiger partial charge on any atom is -0.346 e. The Kier molecular flexibility index (Phi) is 6.13. The molecule has 0 saturated heterocycles. The maximum absolute atomic E-state index is 12.0. The highest BCUT2D eigenvalue weighted by molar-refractivity contribution is 7.13. The van der Waals surface area contributed by atoms with Gasteiger partial charge >= 0.3 is 0 Å². The van der Waals surface area contributed by atoms with Crippen LogP contribution in [0.5, 0.6) is 0 Å². The zero-order valence-corrected chi connectivity index (χ0v) is 14.4. The number of carbonyl (C=O) groups excluding carboxylic acids is 1. The summed E-state index contributed by atoms with van der Waals surface area (Å²) in [5, 5.41) is 3.09. The SMILES string of the molecule is CCCCN(C)C(=O)CCc1csc(-c2ccc(C)cc2)n1. The van der Waals surface area contributed by atoms with Gasteiger partial charge in [-0.1, -0.05) is 43.2 Å². The van der Waals surface area contributed by atoms with Gasteiger partial charge in [-0.05, 0) is 19.8 Å². The van der Waals surface area contributed by atoms with E-state index in [-0.39, 0.29) is 5.91 Å². The summed E-state index contributed by atoms with van der Waals surface area (Å²) in [6.07, 6.45) is 3.44. The summed E-state index contributed by atoms with van der Waals surface area (Å²) in [5.74, 6) is 0.207. The molecule has 3 nitrogen and oxygen atoms in total. The van der Waals surface area contributed by atoms with Crippen molar-refractivity contribution in [3.8, 4) is 10.6 Å². The van der Waals surface area contributed by atoms with Crippen molar-refractivity contribution < 1.29 is 4.79 Å². The monoisotopic (exact) mass is 316 g/mol. The number of thiazole rings is 1. The molecule has 1 heterocycles. The molecule has 118 valence electrons. The number of aromatic nitrogens is 1. The smallest absolute Gasteiger partial charge is 0.222 e.